The molecule has 0 spiro atoms. The van der Waals surface area contributed by atoms with Gasteiger partial charge < -0.3 is 15.5 Å². The van der Waals surface area contributed by atoms with Crippen LogP contribution in [0.15, 0.2) is 30.3 Å². The van der Waals surface area contributed by atoms with Crippen LogP contribution < -0.4 is 21.3 Å². The Balaban J connectivity index is 2.09. The van der Waals surface area contributed by atoms with Gasteiger partial charge in [0.15, 0.2) is 23.3 Å². The number of hydrogen-bond acceptors (Lipinski definition) is 5. The summed E-state index contributed by atoms with van der Waals surface area (Å²) >= 11 is 0. The Morgan fingerprint density at radius 1 is 1.15 bits per heavy atom. The topological polar surface area (TPSA) is 72.2 Å². The van der Waals surface area contributed by atoms with Gasteiger partial charge in [0, 0.05) is 12.6 Å². The van der Waals surface area contributed by atoms with Crippen molar-refractivity contribution in [3.63, 3.8) is 0 Å². The fourth-order valence-electron chi connectivity index (χ4n) is 1.62. The van der Waals surface area contributed by atoms with Gasteiger partial charge in [0.2, 0.25) is 0 Å². The number of hydrazine groups is 1. The van der Waals surface area contributed by atoms with Crippen LogP contribution in [-0.4, -0.2) is 12.1 Å². The molecule has 0 radical (unpaired) electrons. The molecule has 0 aliphatic rings. The van der Waals surface area contributed by atoms with Crippen LogP contribution in [-0.2, 0) is 6.54 Å². The number of anilines is 2. The summed E-state index contributed by atoms with van der Waals surface area (Å²) in [5.74, 6) is 3.90. The normalized spacial score (nSPS) is 10.2. The molecule has 1 aromatic carbocycles. The van der Waals surface area contributed by atoms with Gasteiger partial charge >= 0.3 is 0 Å². The summed E-state index contributed by atoms with van der Waals surface area (Å²) in [4.78, 5) is 3.72. The standard InChI is InChI=1S/C13H14F2N4O/c1-20-9-4-2-8(3-5-9)7-17-12-10(14)6-11(15)13(18-12)19-16/h2-6H,7,16H2,1H3,(H2,17,18,19). The number of halogens is 2. The summed E-state index contributed by atoms with van der Waals surface area (Å²) < 4.78 is 31.8. The Hall–Kier alpha value is -2.41. The molecule has 106 valence electrons. The van der Waals surface area contributed by atoms with Crippen molar-refractivity contribution in [3.8, 4) is 5.75 Å². The van der Waals surface area contributed by atoms with Crippen molar-refractivity contribution < 1.29 is 13.5 Å². The minimum Gasteiger partial charge on any atom is -0.497 e. The molecule has 2 rings (SSSR count). The molecule has 5 nitrogen and oxygen atoms in total. The molecule has 0 saturated heterocycles. The van der Waals surface area contributed by atoms with Crippen molar-refractivity contribution in [3.05, 3.63) is 47.5 Å². The lowest BCUT2D eigenvalue weighted by Gasteiger charge is -2.09. The van der Waals surface area contributed by atoms with Crippen LogP contribution in [0.5, 0.6) is 5.75 Å². The molecule has 0 aliphatic heterocycles. The fraction of sp³-hybridized carbons (Fsp3) is 0.154. The molecular formula is C13H14F2N4O. The third-order valence-electron chi connectivity index (χ3n) is 2.69. The van der Waals surface area contributed by atoms with Crippen LogP contribution in [0.4, 0.5) is 20.4 Å². The molecule has 2 aromatic rings. The summed E-state index contributed by atoms with van der Waals surface area (Å²) in [6.07, 6.45) is 0. The maximum atomic E-state index is 13.5. The average molecular weight is 280 g/mol. The second kappa shape index (κ2) is 6.16. The van der Waals surface area contributed by atoms with E-state index in [9.17, 15) is 8.78 Å². The molecule has 7 heteroatoms. The number of benzene rings is 1. The quantitative estimate of drug-likeness (QED) is 0.579. The maximum absolute atomic E-state index is 13.5. The molecule has 0 fully saturated rings. The van der Waals surface area contributed by atoms with Gasteiger partial charge in [0.25, 0.3) is 0 Å². The number of ether oxygens (including phenoxy) is 1. The highest BCUT2D eigenvalue weighted by atomic mass is 19.1. The van der Waals surface area contributed by atoms with E-state index >= 15 is 0 Å². The lowest BCUT2D eigenvalue weighted by Crippen LogP contribution is -2.13. The second-order valence-corrected chi connectivity index (χ2v) is 4.00. The summed E-state index contributed by atoms with van der Waals surface area (Å²) in [5.41, 5.74) is 2.97. The largest absolute Gasteiger partial charge is 0.497 e. The van der Waals surface area contributed by atoms with Gasteiger partial charge in [-0.1, -0.05) is 12.1 Å². The molecule has 4 N–H and O–H groups in total. The highest BCUT2D eigenvalue weighted by molar-refractivity contribution is 5.47. The van der Waals surface area contributed by atoms with Crippen molar-refractivity contribution in [1.29, 1.82) is 0 Å². The highest BCUT2D eigenvalue weighted by Crippen LogP contribution is 2.19. The van der Waals surface area contributed by atoms with E-state index in [1.165, 1.54) is 0 Å². The number of methoxy groups -OCH3 is 1. The predicted molar refractivity (Wildman–Crippen MR) is 72.3 cm³/mol. The molecule has 0 unspecified atom stereocenters. The highest BCUT2D eigenvalue weighted by Gasteiger charge is 2.10. The fourth-order valence-corrected chi connectivity index (χ4v) is 1.62. The molecule has 0 amide bonds. The molecule has 20 heavy (non-hydrogen) atoms. The number of pyridine rings is 1. The van der Waals surface area contributed by atoms with Crippen LogP contribution in [0.2, 0.25) is 0 Å². The molecule has 0 aliphatic carbocycles. The minimum absolute atomic E-state index is 0.0739. The van der Waals surface area contributed by atoms with Gasteiger partial charge in [-0.2, -0.15) is 0 Å². The second-order valence-electron chi connectivity index (χ2n) is 4.00. The van der Waals surface area contributed by atoms with Crippen molar-refractivity contribution in [2.75, 3.05) is 17.9 Å². The van der Waals surface area contributed by atoms with Gasteiger partial charge in [0.1, 0.15) is 5.75 Å². The zero-order valence-electron chi connectivity index (χ0n) is 10.8. The molecule has 0 saturated carbocycles. The first-order valence-corrected chi connectivity index (χ1v) is 5.83. The molecule has 1 heterocycles. The Morgan fingerprint density at radius 2 is 1.80 bits per heavy atom. The van der Waals surface area contributed by atoms with Gasteiger partial charge in [0.05, 0.1) is 7.11 Å². The van der Waals surface area contributed by atoms with Crippen molar-refractivity contribution in [2.24, 2.45) is 5.84 Å². The summed E-state index contributed by atoms with van der Waals surface area (Å²) in [6.45, 7) is 0.337. The maximum Gasteiger partial charge on any atom is 0.178 e. The average Bonchev–Trinajstić information content (AvgIpc) is 2.47. The van der Waals surface area contributed by atoms with Crippen LogP contribution in [0, 0.1) is 11.6 Å². The van der Waals surface area contributed by atoms with Crippen LogP contribution in [0.1, 0.15) is 5.56 Å². The van der Waals surface area contributed by atoms with Crippen LogP contribution in [0.3, 0.4) is 0 Å². The van der Waals surface area contributed by atoms with Gasteiger partial charge in [-0.15, -0.1) is 0 Å². The molecule has 0 bridgehead atoms. The van der Waals surface area contributed by atoms with Crippen molar-refractivity contribution in [2.45, 2.75) is 6.54 Å². The SMILES string of the molecule is COc1ccc(CNc2nc(NN)c(F)cc2F)cc1. The Morgan fingerprint density at radius 3 is 2.40 bits per heavy atom. The molecule has 1 aromatic heterocycles. The third-order valence-corrected chi connectivity index (χ3v) is 2.69. The lowest BCUT2D eigenvalue weighted by molar-refractivity contribution is 0.414. The number of hydrogen-bond donors (Lipinski definition) is 3. The van der Waals surface area contributed by atoms with Crippen molar-refractivity contribution >= 4 is 11.6 Å². The van der Waals surface area contributed by atoms with E-state index in [-0.39, 0.29) is 11.6 Å². The van der Waals surface area contributed by atoms with E-state index in [0.717, 1.165) is 17.4 Å². The van der Waals surface area contributed by atoms with E-state index in [2.05, 4.69) is 15.7 Å². The van der Waals surface area contributed by atoms with E-state index in [4.69, 9.17) is 10.6 Å². The Bertz CT molecular complexity index is 590. The van der Waals surface area contributed by atoms with Crippen LogP contribution >= 0.6 is 0 Å². The van der Waals surface area contributed by atoms with Crippen LogP contribution in [0.25, 0.3) is 0 Å². The number of rotatable bonds is 5. The first-order valence-electron chi connectivity index (χ1n) is 5.83. The Kier molecular flexibility index (Phi) is 4.31. The number of nitrogens with zero attached hydrogens (tertiary/aromatic N) is 1. The minimum atomic E-state index is -0.847. The van der Waals surface area contributed by atoms with E-state index in [1.54, 1.807) is 19.2 Å². The zero-order valence-corrected chi connectivity index (χ0v) is 10.8. The van der Waals surface area contributed by atoms with Crippen molar-refractivity contribution in [1.82, 2.24) is 4.98 Å². The first kappa shape index (κ1) is 14.0. The number of aromatic nitrogens is 1. The lowest BCUT2D eigenvalue weighted by atomic mass is 10.2. The molecular weight excluding hydrogens is 266 g/mol. The van der Waals surface area contributed by atoms with E-state index < -0.39 is 11.6 Å². The first-order chi connectivity index (χ1) is 9.63. The summed E-state index contributed by atoms with van der Waals surface area (Å²) in [7, 11) is 1.58. The number of nitrogens with two attached hydrogens (primary N) is 1. The van der Waals surface area contributed by atoms with Gasteiger partial charge in [-0.05, 0) is 17.7 Å². The third kappa shape index (κ3) is 3.12. The number of nitrogens with one attached hydrogen (secondary N) is 2. The Labute approximate surface area is 114 Å². The summed E-state index contributed by atoms with van der Waals surface area (Å²) in [5, 5.41) is 2.78. The van der Waals surface area contributed by atoms with Gasteiger partial charge in [-0.25, -0.2) is 19.6 Å². The predicted octanol–water partition coefficient (Wildman–Crippen LogP) is 2.27. The number of nitrogen functional groups attached to an aromatic ring is 1. The van der Waals surface area contributed by atoms with E-state index in [0.29, 0.717) is 6.54 Å². The smallest absolute Gasteiger partial charge is 0.178 e. The van der Waals surface area contributed by atoms with Gasteiger partial charge in [-0.3, -0.25) is 0 Å². The summed E-state index contributed by atoms with van der Waals surface area (Å²) in [6, 6.07) is 7.96. The van der Waals surface area contributed by atoms with E-state index in [1.807, 2.05) is 12.1 Å². The molecule has 0 atom stereocenters. The zero-order chi connectivity index (χ0) is 14.5. The monoisotopic (exact) mass is 280 g/mol.